The smallest absolute Gasteiger partial charge is 0.335 e. The van der Waals surface area contributed by atoms with E-state index < -0.39 is 17.5 Å². The van der Waals surface area contributed by atoms with Crippen molar-refractivity contribution in [1.82, 2.24) is 4.98 Å². The molecule has 4 nitrogen and oxygen atoms in total. The lowest BCUT2D eigenvalue weighted by molar-refractivity contribution is -0.153. The van der Waals surface area contributed by atoms with Gasteiger partial charge >= 0.3 is 5.97 Å². The van der Waals surface area contributed by atoms with Crippen LogP contribution in [0.5, 0.6) is 0 Å². The Morgan fingerprint density at radius 3 is 2.62 bits per heavy atom. The summed E-state index contributed by atoms with van der Waals surface area (Å²) < 4.78 is 4.54. The maximum absolute atomic E-state index is 11.3. The largest absolute Gasteiger partial charge is 0.467 e. The van der Waals surface area contributed by atoms with Crippen molar-refractivity contribution >= 4 is 5.97 Å². The molecule has 0 aromatic carbocycles. The maximum atomic E-state index is 11.3. The second-order valence-electron chi connectivity index (χ2n) is 4.40. The third-order valence-electron chi connectivity index (χ3n) is 2.73. The first kappa shape index (κ1) is 12.6. The monoisotopic (exact) mass is 223 g/mol. The van der Waals surface area contributed by atoms with Crippen LogP contribution in [0.1, 0.15) is 25.0 Å². The number of rotatable bonds is 3. The molecule has 1 aromatic rings. The summed E-state index contributed by atoms with van der Waals surface area (Å²) in [5.41, 5.74) is 1.08. The molecular formula is C12H17NO3. The molecule has 0 spiro atoms. The summed E-state index contributed by atoms with van der Waals surface area (Å²) in [5, 5.41) is 9.89. The van der Waals surface area contributed by atoms with E-state index in [1.165, 1.54) is 7.11 Å². The first-order valence-electron chi connectivity index (χ1n) is 5.07. The Kier molecular flexibility index (Phi) is 3.65. The number of ether oxygens (including phenoxy) is 1. The number of aliphatic hydroxyl groups is 1. The summed E-state index contributed by atoms with van der Waals surface area (Å²) >= 11 is 0. The number of aliphatic hydroxyl groups excluding tert-OH is 1. The topological polar surface area (TPSA) is 59.4 Å². The molecule has 0 aliphatic heterocycles. The van der Waals surface area contributed by atoms with Crippen LogP contribution >= 0.6 is 0 Å². The Hall–Kier alpha value is -1.42. The summed E-state index contributed by atoms with van der Waals surface area (Å²) in [5.74, 6) is -0.633. The third kappa shape index (κ3) is 2.39. The lowest BCUT2D eigenvalue weighted by atomic mass is 9.80. The fourth-order valence-electron chi connectivity index (χ4n) is 1.47. The molecular weight excluding hydrogens is 206 g/mol. The number of carbonyl (C=O) groups excluding carboxylic acids is 1. The van der Waals surface area contributed by atoms with E-state index in [0.29, 0.717) is 0 Å². The molecule has 0 saturated carbocycles. The van der Waals surface area contributed by atoms with Crippen molar-refractivity contribution in [3.63, 3.8) is 0 Å². The number of hydrogen-bond acceptors (Lipinski definition) is 4. The molecule has 0 amide bonds. The highest BCUT2D eigenvalue weighted by atomic mass is 16.5. The molecule has 1 unspecified atom stereocenters. The predicted molar refractivity (Wildman–Crippen MR) is 60.0 cm³/mol. The minimum atomic E-state index is -1.19. The Bertz CT molecular complexity index is 388. The van der Waals surface area contributed by atoms with Crippen LogP contribution in [0.15, 0.2) is 18.5 Å². The van der Waals surface area contributed by atoms with E-state index in [1.807, 2.05) is 13.0 Å². The molecule has 0 radical (unpaired) electrons. The zero-order chi connectivity index (χ0) is 12.3. The lowest BCUT2D eigenvalue weighted by Gasteiger charge is -2.28. The molecule has 1 aromatic heterocycles. The molecule has 0 aliphatic carbocycles. The Balaban J connectivity index is 3.05. The van der Waals surface area contributed by atoms with Crippen molar-refractivity contribution in [2.45, 2.75) is 32.3 Å². The van der Waals surface area contributed by atoms with Gasteiger partial charge in [0.1, 0.15) is 0 Å². The van der Waals surface area contributed by atoms with E-state index in [-0.39, 0.29) is 0 Å². The van der Waals surface area contributed by atoms with Crippen LogP contribution in [0, 0.1) is 6.92 Å². The third-order valence-corrected chi connectivity index (χ3v) is 2.73. The quantitative estimate of drug-likeness (QED) is 0.782. The molecule has 0 aliphatic rings. The summed E-state index contributed by atoms with van der Waals surface area (Å²) in [4.78, 5) is 15.4. The van der Waals surface area contributed by atoms with E-state index in [9.17, 15) is 9.90 Å². The number of aromatic nitrogens is 1. The second kappa shape index (κ2) is 4.61. The molecule has 1 rings (SSSR count). The molecule has 4 heteroatoms. The molecule has 1 atom stereocenters. The Morgan fingerprint density at radius 1 is 1.50 bits per heavy atom. The maximum Gasteiger partial charge on any atom is 0.335 e. The van der Waals surface area contributed by atoms with Crippen LogP contribution in [-0.4, -0.2) is 29.3 Å². The number of nitrogens with zero attached hydrogens (tertiary/aromatic N) is 1. The highest BCUT2D eigenvalue weighted by Crippen LogP contribution is 2.27. The second-order valence-corrected chi connectivity index (χ2v) is 4.40. The normalized spacial score (nSPS) is 13.3. The van der Waals surface area contributed by atoms with Crippen molar-refractivity contribution in [2.75, 3.05) is 7.11 Å². The molecule has 1 N–H and O–H groups in total. The fraction of sp³-hybridized carbons (Fsp3) is 0.500. The number of carbonyl (C=O) groups is 1. The van der Waals surface area contributed by atoms with Gasteiger partial charge in [0.05, 0.1) is 7.11 Å². The van der Waals surface area contributed by atoms with E-state index in [0.717, 1.165) is 11.1 Å². The van der Waals surface area contributed by atoms with Crippen LogP contribution in [0.3, 0.4) is 0 Å². The average Bonchev–Trinajstić information content (AvgIpc) is 2.27. The van der Waals surface area contributed by atoms with Crippen molar-refractivity contribution in [3.8, 4) is 0 Å². The van der Waals surface area contributed by atoms with Crippen molar-refractivity contribution < 1.29 is 14.6 Å². The number of pyridine rings is 1. The number of hydrogen-bond donors (Lipinski definition) is 1. The first-order chi connectivity index (χ1) is 7.39. The molecule has 0 fully saturated rings. The van der Waals surface area contributed by atoms with Crippen LogP contribution in [-0.2, 0) is 14.9 Å². The average molecular weight is 223 g/mol. The van der Waals surface area contributed by atoms with Gasteiger partial charge in [0.25, 0.3) is 0 Å². The van der Waals surface area contributed by atoms with Gasteiger partial charge in [-0.15, -0.1) is 0 Å². The minimum Gasteiger partial charge on any atom is -0.467 e. The van der Waals surface area contributed by atoms with E-state index in [1.54, 1.807) is 26.2 Å². The van der Waals surface area contributed by atoms with E-state index in [4.69, 9.17) is 0 Å². The summed E-state index contributed by atoms with van der Waals surface area (Å²) in [6, 6.07) is 1.90. The summed E-state index contributed by atoms with van der Waals surface area (Å²) in [6.45, 7) is 5.48. The zero-order valence-corrected chi connectivity index (χ0v) is 10.0. The number of methoxy groups -OCH3 is 1. The molecule has 0 saturated heterocycles. The minimum absolute atomic E-state index is 0.633. The van der Waals surface area contributed by atoms with Crippen molar-refractivity contribution in [3.05, 3.63) is 29.6 Å². The van der Waals surface area contributed by atoms with Crippen LogP contribution in [0.4, 0.5) is 0 Å². The van der Waals surface area contributed by atoms with Gasteiger partial charge < -0.3 is 9.84 Å². The van der Waals surface area contributed by atoms with Gasteiger partial charge in [0, 0.05) is 17.8 Å². The SMILES string of the molecule is COC(=O)C(O)C(C)(C)c1cncc(C)c1. The first-order valence-corrected chi connectivity index (χ1v) is 5.07. The van der Waals surface area contributed by atoms with E-state index in [2.05, 4.69) is 9.72 Å². The van der Waals surface area contributed by atoms with E-state index >= 15 is 0 Å². The van der Waals surface area contributed by atoms with Crippen LogP contribution < -0.4 is 0 Å². The molecule has 16 heavy (non-hydrogen) atoms. The van der Waals surface area contributed by atoms with Crippen molar-refractivity contribution in [2.24, 2.45) is 0 Å². The van der Waals surface area contributed by atoms with Gasteiger partial charge in [-0.3, -0.25) is 4.98 Å². The highest BCUT2D eigenvalue weighted by Gasteiger charge is 2.36. The Labute approximate surface area is 95.3 Å². The number of esters is 1. The van der Waals surface area contributed by atoms with Gasteiger partial charge in [-0.1, -0.05) is 19.9 Å². The Morgan fingerprint density at radius 2 is 2.12 bits per heavy atom. The molecule has 0 bridgehead atoms. The summed E-state index contributed by atoms with van der Waals surface area (Å²) in [7, 11) is 1.26. The molecule has 1 heterocycles. The van der Waals surface area contributed by atoms with Gasteiger partial charge in [0.2, 0.25) is 0 Å². The summed E-state index contributed by atoms with van der Waals surface area (Å²) in [6.07, 6.45) is 2.18. The highest BCUT2D eigenvalue weighted by molar-refractivity contribution is 5.76. The predicted octanol–water partition coefficient (Wildman–Crippen LogP) is 1.20. The fourth-order valence-corrected chi connectivity index (χ4v) is 1.47. The molecule has 88 valence electrons. The lowest BCUT2D eigenvalue weighted by Crippen LogP contribution is -2.40. The van der Waals surface area contributed by atoms with Gasteiger partial charge in [-0.2, -0.15) is 0 Å². The van der Waals surface area contributed by atoms with Gasteiger partial charge in [-0.25, -0.2) is 4.79 Å². The van der Waals surface area contributed by atoms with Crippen LogP contribution in [0.2, 0.25) is 0 Å². The van der Waals surface area contributed by atoms with Crippen molar-refractivity contribution in [1.29, 1.82) is 0 Å². The number of aryl methyl sites for hydroxylation is 1. The van der Waals surface area contributed by atoms with Gasteiger partial charge in [0.15, 0.2) is 6.10 Å². The zero-order valence-electron chi connectivity index (χ0n) is 10.0. The van der Waals surface area contributed by atoms with Gasteiger partial charge in [-0.05, 0) is 18.1 Å². The standard InChI is InChI=1S/C12H17NO3/c1-8-5-9(7-13-6-8)12(2,3)10(14)11(15)16-4/h5-7,10,14H,1-4H3. The van der Waals surface area contributed by atoms with Crippen LogP contribution in [0.25, 0.3) is 0 Å².